The lowest BCUT2D eigenvalue weighted by atomic mass is 10.1. The van der Waals surface area contributed by atoms with Crippen molar-refractivity contribution in [2.75, 3.05) is 19.3 Å². The number of nitrogens with one attached hydrogen (secondary N) is 2. The van der Waals surface area contributed by atoms with Crippen LogP contribution in [0.3, 0.4) is 0 Å². The highest BCUT2D eigenvalue weighted by molar-refractivity contribution is 8.00. The molecule has 1 atom stereocenters. The average Bonchev–Trinajstić information content (AvgIpc) is 3.01. The second kappa shape index (κ2) is 7.93. The zero-order valence-electron chi connectivity index (χ0n) is 12.3. The molecule has 0 radical (unpaired) electrons. The SMILES string of the molecule is CN=C(NCc1ccc(C(N)=O)cc1)NCC1CCCS1. The minimum Gasteiger partial charge on any atom is -0.366 e. The van der Waals surface area contributed by atoms with Crippen molar-refractivity contribution in [3.8, 4) is 0 Å². The molecular formula is C15H22N4OS. The molecule has 0 aromatic heterocycles. The fraction of sp³-hybridized carbons (Fsp3) is 0.467. The maximum atomic E-state index is 11.0. The van der Waals surface area contributed by atoms with Gasteiger partial charge in [0, 0.05) is 31.0 Å². The molecule has 5 nitrogen and oxygen atoms in total. The molecule has 1 amide bonds. The predicted molar refractivity (Wildman–Crippen MR) is 88.6 cm³/mol. The first-order valence-corrected chi connectivity index (χ1v) is 8.19. The van der Waals surface area contributed by atoms with Gasteiger partial charge < -0.3 is 16.4 Å². The van der Waals surface area contributed by atoms with Gasteiger partial charge in [0.1, 0.15) is 0 Å². The van der Waals surface area contributed by atoms with Gasteiger partial charge in [-0.05, 0) is 36.3 Å². The van der Waals surface area contributed by atoms with E-state index in [1.807, 2.05) is 23.9 Å². The Kier molecular flexibility index (Phi) is 5.92. The highest BCUT2D eigenvalue weighted by Crippen LogP contribution is 2.25. The molecule has 0 saturated carbocycles. The van der Waals surface area contributed by atoms with Crippen LogP contribution in [0.5, 0.6) is 0 Å². The maximum Gasteiger partial charge on any atom is 0.248 e. The summed E-state index contributed by atoms with van der Waals surface area (Å²) in [6.45, 7) is 1.61. The molecule has 6 heteroatoms. The fourth-order valence-corrected chi connectivity index (χ4v) is 3.41. The Labute approximate surface area is 129 Å². The van der Waals surface area contributed by atoms with Crippen LogP contribution >= 0.6 is 11.8 Å². The molecule has 1 aliphatic rings. The van der Waals surface area contributed by atoms with Gasteiger partial charge in [-0.3, -0.25) is 9.79 Å². The van der Waals surface area contributed by atoms with Gasteiger partial charge in [0.05, 0.1) is 0 Å². The summed E-state index contributed by atoms with van der Waals surface area (Å²) in [7, 11) is 1.77. The van der Waals surface area contributed by atoms with Gasteiger partial charge in [-0.25, -0.2) is 0 Å². The molecule has 1 saturated heterocycles. The highest BCUT2D eigenvalue weighted by Gasteiger charge is 2.15. The van der Waals surface area contributed by atoms with E-state index in [4.69, 9.17) is 5.73 Å². The standard InChI is InChI=1S/C15H22N4OS/c1-17-15(19-10-13-3-2-8-21-13)18-9-11-4-6-12(7-5-11)14(16)20/h4-7,13H,2-3,8-10H2,1H3,(H2,16,20)(H2,17,18,19). The first-order chi connectivity index (χ1) is 10.2. The molecule has 1 heterocycles. The summed E-state index contributed by atoms with van der Waals surface area (Å²) in [4.78, 5) is 15.2. The van der Waals surface area contributed by atoms with Crippen LogP contribution < -0.4 is 16.4 Å². The lowest BCUT2D eigenvalue weighted by Gasteiger charge is -2.14. The van der Waals surface area contributed by atoms with E-state index >= 15 is 0 Å². The van der Waals surface area contributed by atoms with Gasteiger partial charge in [-0.2, -0.15) is 11.8 Å². The zero-order chi connectivity index (χ0) is 15.1. The molecule has 114 valence electrons. The van der Waals surface area contributed by atoms with E-state index in [1.165, 1.54) is 18.6 Å². The van der Waals surface area contributed by atoms with Crippen molar-refractivity contribution >= 4 is 23.6 Å². The summed E-state index contributed by atoms with van der Waals surface area (Å²) < 4.78 is 0. The van der Waals surface area contributed by atoms with Crippen LogP contribution in [0.2, 0.25) is 0 Å². The number of nitrogens with two attached hydrogens (primary N) is 1. The van der Waals surface area contributed by atoms with E-state index in [9.17, 15) is 4.79 Å². The van der Waals surface area contributed by atoms with E-state index in [1.54, 1.807) is 19.2 Å². The second-order valence-corrected chi connectivity index (χ2v) is 6.41. The Balaban J connectivity index is 1.78. The molecule has 21 heavy (non-hydrogen) atoms. The van der Waals surface area contributed by atoms with Crippen molar-refractivity contribution in [1.82, 2.24) is 10.6 Å². The number of carbonyl (C=O) groups is 1. The number of hydrogen-bond acceptors (Lipinski definition) is 3. The van der Waals surface area contributed by atoms with E-state index < -0.39 is 5.91 Å². The normalized spacial score (nSPS) is 18.5. The number of hydrogen-bond donors (Lipinski definition) is 3. The minimum absolute atomic E-state index is 0.402. The first-order valence-electron chi connectivity index (χ1n) is 7.14. The summed E-state index contributed by atoms with van der Waals surface area (Å²) in [6.07, 6.45) is 2.60. The molecule has 1 fully saturated rings. The molecular weight excluding hydrogens is 284 g/mol. The van der Waals surface area contributed by atoms with Gasteiger partial charge in [0.25, 0.3) is 0 Å². The number of thioether (sulfide) groups is 1. The van der Waals surface area contributed by atoms with E-state index in [0.717, 1.165) is 18.1 Å². The number of aliphatic imine (C=N–C) groups is 1. The third-order valence-electron chi connectivity index (χ3n) is 3.44. The van der Waals surface area contributed by atoms with Gasteiger partial charge in [0.15, 0.2) is 5.96 Å². The van der Waals surface area contributed by atoms with Crippen LogP contribution in [0.4, 0.5) is 0 Å². The molecule has 1 aromatic carbocycles. The highest BCUT2D eigenvalue weighted by atomic mass is 32.2. The lowest BCUT2D eigenvalue weighted by Crippen LogP contribution is -2.39. The van der Waals surface area contributed by atoms with Crippen LogP contribution in [-0.4, -0.2) is 36.5 Å². The van der Waals surface area contributed by atoms with Gasteiger partial charge in [0.2, 0.25) is 5.91 Å². The van der Waals surface area contributed by atoms with Crippen LogP contribution in [0.15, 0.2) is 29.3 Å². The Morgan fingerprint density at radius 1 is 1.38 bits per heavy atom. The van der Waals surface area contributed by atoms with Crippen molar-refractivity contribution in [2.45, 2.75) is 24.6 Å². The lowest BCUT2D eigenvalue weighted by molar-refractivity contribution is 0.100. The van der Waals surface area contributed by atoms with Crippen molar-refractivity contribution in [1.29, 1.82) is 0 Å². The molecule has 4 N–H and O–H groups in total. The summed E-state index contributed by atoms with van der Waals surface area (Å²) in [5.41, 5.74) is 6.83. The Hall–Kier alpha value is -1.69. The molecule has 0 bridgehead atoms. The van der Waals surface area contributed by atoms with Crippen molar-refractivity contribution < 1.29 is 4.79 Å². The predicted octanol–water partition coefficient (Wildman–Crippen LogP) is 1.35. The monoisotopic (exact) mass is 306 g/mol. The average molecular weight is 306 g/mol. The van der Waals surface area contributed by atoms with Crippen LogP contribution in [0.25, 0.3) is 0 Å². The fourth-order valence-electron chi connectivity index (χ4n) is 2.21. The number of amides is 1. The number of benzene rings is 1. The smallest absolute Gasteiger partial charge is 0.248 e. The topological polar surface area (TPSA) is 79.5 Å². The Bertz CT molecular complexity index is 495. The number of rotatable bonds is 5. The molecule has 2 rings (SSSR count). The number of carbonyl (C=O) groups excluding carboxylic acids is 1. The second-order valence-electron chi connectivity index (χ2n) is 5.00. The van der Waals surface area contributed by atoms with E-state index in [2.05, 4.69) is 15.6 Å². The third-order valence-corrected chi connectivity index (χ3v) is 4.84. The summed E-state index contributed by atoms with van der Waals surface area (Å²) >= 11 is 2.02. The quantitative estimate of drug-likeness (QED) is 0.567. The maximum absolute atomic E-state index is 11.0. The number of nitrogens with zero attached hydrogens (tertiary/aromatic N) is 1. The van der Waals surface area contributed by atoms with Crippen LogP contribution in [-0.2, 0) is 6.54 Å². The molecule has 1 aliphatic heterocycles. The van der Waals surface area contributed by atoms with Crippen LogP contribution in [0.1, 0.15) is 28.8 Å². The molecule has 0 aliphatic carbocycles. The summed E-state index contributed by atoms with van der Waals surface area (Å²) in [5.74, 6) is 1.67. The molecule has 1 unspecified atom stereocenters. The largest absolute Gasteiger partial charge is 0.366 e. The number of guanidine groups is 1. The summed E-state index contributed by atoms with van der Waals surface area (Å²) in [6, 6.07) is 7.27. The molecule has 1 aromatic rings. The van der Waals surface area contributed by atoms with E-state index in [-0.39, 0.29) is 0 Å². The van der Waals surface area contributed by atoms with Gasteiger partial charge >= 0.3 is 0 Å². The molecule has 0 spiro atoms. The Morgan fingerprint density at radius 3 is 2.71 bits per heavy atom. The first kappa shape index (κ1) is 15.7. The number of primary amides is 1. The van der Waals surface area contributed by atoms with Crippen molar-refractivity contribution in [3.63, 3.8) is 0 Å². The summed E-state index contributed by atoms with van der Waals surface area (Å²) in [5, 5.41) is 7.32. The van der Waals surface area contributed by atoms with Crippen molar-refractivity contribution in [3.05, 3.63) is 35.4 Å². The van der Waals surface area contributed by atoms with Crippen molar-refractivity contribution in [2.24, 2.45) is 10.7 Å². The van der Waals surface area contributed by atoms with Gasteiger partial charge in [-0.1, -0.05) is 12.1 Å². The van der Waals surface area contributed by atoms with E-state index in [0.29, 0.717) is 17.4 Å². The third kappa shape index (κ3) is 4.97. The minimum atomic E-state index is -0.402. The van der Waals surface area contributed by atoms with Gasteiger partial charge in [-0.15, -0.1) is 0 Å². The Morgan fingerprint density at radius 2 is 2.14 bits per heavy atom. The van der Waals surface area contributed by atoms with Crippen LogP contribution in [0, 0.1) is 0 Å². The zero-order valence-corrected chi connectivity index (χ0v) is 13.1.